The molecule has 0 bridgehead atoms. The third-order valence-corrected chi connectivity index (χ3v) is 6.29. The predicted octanol–water partition coefficient (Wildman–Crippen LogP) is 4.49. The van der Waals surface area contributed by atoms with E-state index in [9.17, 15) is 4.79 Å². The molecular weight excluding hydrogens is 376 g/mol. The normalized spacial score (nSPS) is 22.9. The molecule has 1 aromatic carbocycles. The van der Waals surface area contributed by atoms with Crippen LogP contribution in [0.15, 0.2) is 12.1 Å². The summed E-state index contributed by atoms with van der Waals surface area (Å²) < 4.78 is 17.9. The number of aryl methyl sites for hydroxylation is 1. The minimum absolute atomic E-state index is 0.0466. The van der Waals surface area contributed by atoms with Gasteiger partial charge in [-0.1, -0.05) is 17.7 Å². The number of carbonyl (C=O) groups is 1. The first-order valence-corrected chi connectivity index (χ1v) is 10.2. The topological polar surface area (TPSA) is 48.0 Å². The Morgan fingerprint density at radius 2 is 1.79 bits per heavy atom. The second-order valence-electron chi connectivity index (χ2n) is 9.81. The van der Waals surface area contributed by atoms with Gasteiger partial charge in [0.05, 0.1) is 17.2 Å². The molecule has 0 radical (unpaired) electrons. The third kappa shape index (κ3) is 3.92. The molecule has 1 heterocycles. The number of hydrogen-bond donors (Lipinski definition) is 0. The van der Waals surface area contributed by atoms with E-state index in [1.165, 1.54) is 5.56 Å². The highest BCUT2D eigenvalue weighted by Gasteiger charge is 2.52. The quantitative estimate of drug-likeness (QED) is 0.678. The van der Waals surface area contributed by atoms with Crippen molar-refractivity contribution in [2.75, 3.05) is 7.05 Å². The van der Waals surface area contributed by atoms with E-state index in [-0.39, 0.29) is 12.1 Å². The molecule has 1 aliphatic carbocycles. The van der Waals surface area contributed by atoms with Gasteiger partial charge in [-0.15, -0.1) is 0 Å². The Kier molecular flexibility index (Phi) is 5.31. The van der Waals surface area contributed by atoms with Crippen LogP contribution in [0.5, 0.6) is 0 Å². The summed E-state index contributed by atoms with van der Waals surface area (Å²) in [6, 6.07) is 3.98. The molecule has 0 aromatic heterocycles. The van der Waals surface area contributed by atoms with Crippen LogP contribution in [0.4, 0.5) is 4.79 Å². The Morgan fingerprint density at radius 1 is 1.21 bits per heavy atom. The van der Waals surface area contributed by atoms with Gasteiger partial charge in [0, 0.05) is 17.5 Å². The van der Waals surface area contributed by atoms with Crippen molar-refractivity contribution in [2.45, 2.75) is 84.2 Å². The fourth-order valence-electron chi connectivity index (χ4n) is 3.64. The maximum atomic E-state index is 12.5. The molecule has 0 saturated carbocycles. The molecular formula is C21H31BClNO4. The number of hydrogen-bond acceptors (Lipinski definition) is 4. The largest absolute Gasteiger partial charge is 0.496 e. The van der Waals surface area contributed by atoms with Gasteiger partial charge in [-0.2, -0.15) is 0 Å². The van der Waals surface area contributed by atoms with Crippen LogP contribution in [-0.4, -0.2) is 42.0 Å². The molecule has 1 unspecified atom stereocenters. The van der Waals surface area contributed by atoms with E-state index in [1.807, 2.05) is 54.5 Å². The monoisotopic (exact) mass is 407 g/mol. The summed E-state index contributed by atoms with van der Waals surface area (Å²) in [7, 11) is 1.29. The van der Waals surface area contributed by atoms with Crippen molar-refractivity contribution in [2.24, 2.45) is 0 Å². The fourth-order valence-corrected chi connectivity index (χ4v) is 3.90. The summed E-state index contributed by atoms with van der Waals surface area (Å²) in [5, 5.41) is 0.599. The molecule has 0 spiro atoms. The number of nitrogens with zero attached hydrogens (tertiary/aromatic N) is 1. The van der Waals surface area contributed by atoms with E-state index in [0.29, 0.717) is 5.02 Å². The number of halogens is 1. The first-order chi connectivity index (χ1) is 12.7. The van der Waals surface area contributed by atoms with E-state index in [2.05, 4.69) is 6.07 Å². The van der Waals surface area contributed by atoms with Gasteiger partial charge in [-0.05, 0) is 78.5 Å². The fraction of sp³-hybridized carbons (Fsp3) is 0.667. The van der Waals surface area contributed by atoms with Crippen LogP contribution >= 0.6 is 11.6 Å². The zero-order valence-corrected chi connectivity index (χ0v) is 18.9. The van der Waals surface area contributed by atoms with Crippen LogP contribution in [0.1, 0.15) is 72.1 Å². The minimum Gasteiger partial charge on any atom is -0.444 e. The Hall–Kier alpha value is -1.24. The second-order valence-corrected chi connectivity index (χ2v) is 10.2. The van der Waals surface area contributed by atoms with Crippen LogP contribution < -0.4 is 5.46 Å². The average molecular weight is 408 g/mol. The van der Waals surface area contributed by atoms with Crippen molar-refractivity contribution in [3.63, 3.8) is 0 Å². The molecule has 1 atom stereocenters. The van der Waals surface area contributed by atoms with Gasteiger partial charge < -0.3 is 18.9 Å². The number of rotatable bonds is 2. The van der Waals surface area contributed by atoms with E-state index >= 15 is 0 Å². The van der Waals surface area contributed by atoms with Crippen molar-refractivity contribution < 1.29 is 18.8 Å². The van der Waals surface area contributed by atoms with Gasteiger partial charge in [0.25, 0.3) is 0 Å². The third-order valence-electron chi connectivity index (χ3n) is 5.96. The molecule has 0 N–H and O–H groups in total. The lowest BCUT2D eigenvalue weighted by molar-refractivity contribution is 0.00578. The first-order valence-electron chi connectivity index (χ1n) is 9.85. The standard InChI is InChI=1S/C21H31BClNO4/c1-19(2,3)26-18(25)24(8)17-10-9-13-11-15(16(23)12-14(13)17)22-27-20(4,5)21(6,7)28-22/h11-12,17H,9-10H2,1-8H3. The van der Waals surface area contributed by atoms with Crippen LogP contribution in [0.25, 0.3) is 0 Å². The molecule has 28 heavy (non-hydrogen) atoms. The summed E-state index contributed by atoms with van der Waals surface area (Å²) in [6.07, 6.45) is 1.39. The molecule has 7 heteroatoms. The molecule has 1 saturated heterocycles. The van der Waals surface area contributed by atoms with Gasteiger partial charge in [0.15, 0.2) is 0 Å². The second kappa shape index (κ2) is 6.93. The SMILES string of the molecule is CN(C(=O)OC(C)(C)C)C1CCc2cc(B3OC(C)(C)C(C)(C)O3)c(Cl)cc21. The number of carbonyl (C=O) groups excluding carboxylic acids is 1. The van der Waals surface area contributed by atoms with Gasteiger partial charge in [-0.3, -0.25) is 0 Å². The van der Waals surface area contributed by atoms with Crippen molar-refractivity contribution in [1.29, 1.82) is 0 Å². The Labute approximate surface area is 173 Å². The molecule has 5 nitrogen and oxygen atoms in total. The zero-order valence-electron chi connectivity index (χ0n) is 18.2. The van der Waals surface area contributed by atoms with Crippen LogP contribution in [-0.2, 0) is 20.5 Å². The summed E-state index contributed by atoms with van der Waals surface area (Å²) in [6.45, 7) is 13.7. The van der Waals surface area contributed by atoms with E-state index in [4.69, 9.17) is 25.6 Å². The minimum atomic E-state index is -0.523. The lowest BCUT2D eigenvalue weighted by atomic mass is 9.77. The number of ether oxygens (including phenoxy) is 1. The lowest BCUT2D eigenvalue weighted by Gasteiger charge is -2.32. The molecule has 154 valence electrons. The summed E-state index contributed by atoms with van der Waals surface area (Å²) >= 11 is 6.64. The van der Waals surface area contributed by atoms with Gasteiger partial charge >= 0.3 is 13.2 Å². The van der Waals surface area contributed by atoms with Gasteiger partial charge in [-0.25, -0.2) is 4.79 Å². The zero-order chi connectivity index (χ0) is 21.1. The molecule has 1 aliphatic heterocycles. The highest BCUT2D eigenvalue weighted by atomic mass is 35.5. The van der Waals surface area contributed by atoms with Gasteiger partial charge in [0.1, 0.15) is 5.60 Å². The maximum absolute atomic E-state index is 12.5. The predicted molar refractivity (Wildman–Crippen MR) is 112 cm³/mol. The highest BCUT2D eigenvalue weighted by molar-refractivity contribution is 6.65. The van der Waals surface area contributed by atoms with E-state index in [1.54, 1.807) is 11.9 Å². The molecule has 1 fully saturated rings. The lowest BCUT2D eigenvalue weighted by Crippen LogP contribution is -2.41. The summed E-state index contributed by atoms with van der Waals surface area (Å²) in [5.74, 6) is 0. The van der Waals surface area contributed by atoms with E-state index in [0.717, 1.165) is 23.9 Å². The van der Waals surface area contributed by atoms with Crippen LogP contribution in [0, 0.1) is 0 Å². The number of benzene rings is 1. The molecule has 1 aromatic rings. The summed E-state index contributed by atoms with van der Waals surface area (Å²) in [4.78, 5) is 14.2. The smallest absolute Gasteiger partial charge is 0.444 e. The first kappa shape index (κ1) is 21.5. The van der Waals surface area contributed by atoms with Crippen molar-refractivity contribution >= 4 is 30.3 Å². The highest BCUT2D eigenvalue weighted by Crippen LogP contribution is 2.40. The molecule has 1 amide bonds. The summed E-state index contributed by atoms with van der Waals surface area (Å²) in [5.41, 5.74) is 1.73. The molecule has 3 rings (SSSR count). The van der Waals surface area contributed by atoms with Crippen molar-refractivity contribution in [3.8, 4) is 0 Å². The van der Waals surface area contributed by atoms with E-state index < -0.39 is 23.9 Å². The Balaban J connectivity index is 1.85. The van der Waals surface area contributed by atoms with Crippen molar-refractivity contribution in [3.05, 3.63) is 28.3 Å². The van der Waals surface area contributed by atoms with Gasteiger partial charge in [0.2, 0.25) is 0 Å². The average Bonchev–Trinajstić information content (AvgIpc) is 3.01. The maximum Gasteiger partial charge on any atom is 0.496 e. The molecule has 2 aliphatic rings. The number of fused-ring (bicyclic) bond motifs is 1. The van der Waals surface area contributed by atoms with Crippen LogP contribution in [0.2, 0.25) is 5.02 Å². The Bertz CT molecular complexity index is 771. The van der Waals surface area contributed by atoms with Crippen molar-refractivity contribution in [1.82, 2.24) is 4.90 Å². The van der Waals surface area contributed by atoms with Crippen LogP contribution in [0.3, 0.4) is 0 Å². The number of amides is 1. The Morgan fingerprint density at radius 3 is 2.32 bits per heavy atom.